The molecule has 0 aromatic rings. The maximum Gasteiger partial charge on any atom is 0.0589 e. The summed E-state index contributed by atoms with van der Waals surface area (Å²) in [6.45, 7) is 5.07. The maximum absolute atomic E-state index is 5.96. The van der Waals surface area contributed by atoms with Crippen molar-refractivity contribution in [3.63, 3.8) is 0 Å². The van der Waals surface area contributed by atoms with Crippen LogP contribution >= 0.6 is 0 Å². The van der Waals surface area contributed by atoms with Crippen LogP contribution in [0.5, 0.6) is 0 Å². The third-order valence-electron chi connectivity index (χ3n) is 4.21. The number of nitrogens with zero attached hydrogens (tertiary/aromatic N) is 1. The Balaban J connectivity index is 1.93. The second-order valence-corrected chi connectivity index (χ2v) is 5.45. The molecule has 0 saturated heterocycles. The molecule has 0 bridgehead atoms. The first-order valence-corrected chi connectivity index (χ1v) is 6.72. The highest BCUT2D eigenvalue weighted by atomic mass is 16.5. The third-order valence-corrected chi connectivity index (χ3v) is 4.21. The highest BCUT2D eigenvalue weighted by Crippen LogP contribution is 2.40. The molecule has 2 fully saturated rings. The number of methoxy groups -OCH3 is 1. The van der Waals surface area contributed by atoms with Crippen molar-refractivity contribution in [1.29, 1.82) is 0 Å². The summed E-state index contributed by atoms with van der Waals surface area (Å²) in [4.78, 5) is 2.62. The van der Waals surface area contributed by atoms with Gasteiger partial charge in [0, 0.05) is 32.3 Å². The fraction of sp³-hybridized carbons (Fsp3) is 1.00. The van der Waals surface area contributed by atoms with E-state index in [0.717, 1.165) is 31.5 Å². The minimum atomic E-state index is 0.603. The second-order valence-electron chi connectivity index (χ2n) is 5.45. The summed E-state index contributed by atoms with van der Waals surface area (Å²) in [6.07, 6.45) is 5.57. The largest absolute Gasteiger partial charge is 0.383 e. The van der Waals surface area contributed by atoms with Crippen molar-refractivity contribution in [3.8, 4) is 0 Å². The molecule has 0 radical (unpaired) electrons. The zero-order chi connectivity index (χ0) is 11.5. The molecular formula is C13H26N2O. The van der Waals surface area contributed by atoms with Gasteiger partial charge in [-0.05, 0) is 44.4 Å². The fourth-order valence-corrected chi connectivity index (χ4v) is 2.80. The monoisotopic (exact) mass is 226 g/mol. The lowest BCUT2D eigenvalue weighted by molar-refractivity contribution is 0.0751. The topological polar surface area (TPSA) is 38.5 Å². The van der Waals surface area contributed by atoms with Gasteiger partial charge in [0.05, 0.1) is 6.61 Å². The van der Waals surface area contributed by atoms with E-state index in [1.807, 2.05) is 0 Å². The standard InChI is InChI=1S/C13H26N2O/c1-10(11-3-4-11)15(7-8-16-2)13(9-14)12-5-6-12/h10-13H,3-9,14H2,1-2H3. The lowest BCUT2D eigenvalue weighted by atomic mass is 10.1. The minimum Gasteiger partial charge on any atom is -0.383 e. The molecule has 2 aliphatic rings. The fourth-order valence-electron chi connectivity index (χ4n) is 2.80. The van der Waals surface area contributed by atoms with E-state index in [1.165, 1.54) is 25.7 Å². The molecule has 2 atom stereocenters. The van der Waals surface area contributed by atoms with E-state index in [0.29, 0.717) is 12.1 Å². The predicted octanol–water partition coefficient (Wildman–Crippen LogP) is 1.47. The van der Waals surface area contributed by atoms with E-state index >= 15 is 0 Å². The molecule has 3 heteroatoms. The van der Waals surface area contributed by atoms with Gasteiger partial charge in [0.15, 0.2) is 0 Å². The van der Waals surface area contributed by atoms with Crippen LogP contribution in [0.2, 0.25) is 0 Å². The molecule has 0 heterocycles. The van der Waals surface area contributed by atoms with Gasteiger partial charge < -0.3 is 10.5 Å². The van der Waals surface area contributed by atoms with Crippen LogP contribution in [0.4, 0.5) is 0 Å². The first-order chi connectivity index (χ1) is 7.77. The van der Waals surface area contributed by atoms with E-state index in [1.54, 1.807) is 7.11 Å². The van der Waals surface area contributed by atoms with Gasteiger partial charge in [0.1, 0.15) is 0 Å². The molecule has 0 amide bonds. The molecule has 2 saturated carbocycles. The Kier molecular flexibility index (Phi) is 4.22. The first kappa shape index (κ1) is 12.3. The van der Waals surface area contributed by atoms with Crippen LogP contribution in [0.15, 0.2) is 0 Å². The highest BCUT2D eigenvalue weighted by Gasteiger charge is 2.40. The van der Waals surface area contributed by atoms with E-state index in [9.17, 15) is 0 Å². The zero-order valence-corrected chi connectivity index (χ0v) is 10.7. The normalized spacial score (nSPS) is 24.8. The Bertz CT molecular complexity index is 214. The molecular weight excluding hydrogens is 200 g/mol. The van der Waals surface area contributed by atoms with Gasteiger partial charge >= 0.3 is 0 Å². The molecule has 94 valence electrons. The molecule has 16 heavy (non-hydrogen) atoms. The van der Waals surface area contributed by atoms with Gasteiger partial charge in [-0.1, -0.05) is 0 Å². The molecule has 2 N–H and O–H groups in total. The van der Waals surface area contributed by atoms with Crippen molar-refractivity contribution in [1.82, 2.24) is 4.90 Å². The summed E-state index contributed by atoms with van der Waals surface area (Å²) in [6, 6.07) is 1.30. The maximum atomic E-state index is 5.96. The van der Waals surface area contributed by atoms with Crippen molar-refractivity contribution in [2.45, 2.75) is 44.7 Å². The summed E-state index contributed by atoms with van der Waals surface area (Å²) in [5.74, 6) is 1.78. The predicted molar refractivity (Wildman–Crippen MR) is 66.3 cm³/mol. The van der Waals surface area contributed by atoms with E-state index in [2.05, 4.69) is 11.8 Å². The Morgan fingerprint density at radius 2 is 1.88 bits per heavy atom. The summed E-state index contributed by atoms with van der Waals surface area (Å²) in [5, 5.41) is 0. The Morgan fingerprint density at radius 1 is 1.25 bits per heavy atom. The number of nitrogens with two attached hydrogens (primary N) is 1. The van der Waals surface area contributed by atoms with Crippen molar-refractivity contribution < 1.29 is 4.74 Å². The third kappa shape index (κ3) is 2.96. The quantitative estimate of drug-likeness (QED) is 0.681. The highest BCUT2D eigenvalue weighted by molar-refractivity contribution is 4.94. The summed E-state index contributed by atoms with van der Waals surface area (Å²) in [7, 11) is 1.79. The zero-order valence-electron chi connectivity index (χ0n) is 10.7. The second kappa shape index (κ2) is 5.48. The van der Waals surface area contributed by atoms with Gasteiger partial charge in [-0.15, -0.1) is 0 Å². The number of ether oxygens (including phenoxy) is 1. The van der Waals surface area contributed by atoms with E-state index in [4.69, 9.17) is 10.5 Å². The molecule has 3 nitrogen and oxygen atoms in total. The average molecular weight is 226 g/mol. The van der Waals surface area contributed by atoms with Crippen LogP contribution in [0.3, 0.4) is 0 Å². The smallest absolute Gasteiger partial charge is 0.0589 e. The molecule has 2 rings (SSSR count). The molecule has 2 aliphatic carbocycles. The Morgan fingerprint density at radius 3 is 2.31 bits per heavy atom. The lowest BCUT2D eigenvalue weighted by Gasteiger charge is -2.36. The van der Waals surface area contributed by atoms with Gasteiger partial charge in [-0.3, -0.25) is 4.90 Å². The van der Waals surface area contributed by atoms with Crippen LogP contribution in [-0.2, 0) is 4.74 Å². The summed E-state index contributed by atoms with van der Waals surface area (Å²) in [5.41, 5.74) is 5.96. The van der Waals surface area contributed by atoms with Crippen molar-refractivity contribution in [2.24, 2.45) is 17.6 Å². The van der Waals surface area contributed by atoms with Crippen LogP contribution in [0.25, 0.3) is 0 Å². The molecule has 0 aromatic heterocycles. The SMILES string of the molecule is COCCN(C(C)C1CC1)C(CN)C1CC1. The lowest BCUT2D eigenvalue weighted by Crippen LogP contribution is -2.49. The van der Waals surface area contributed by atoms with E-state index in [-0.39, 0.29) is 0 Å². The molecule has 0 aromatic carbocycles. The van der Waals surface area contributed by atoms with Crippen LogP contribution in [-0.4, -0.2) is 43.8 Å². The number of hydrogen-bond donors (Lipinski definition) is 1. The molecule has 0 spiro atoms. The van der Waals surface area contributed by atoms with Crippen LogP contribution in [0, 0.1) is 11.8 Å². The van der Waals surface area contributed by atoms with Gasteiger partial charge in [-0.2, -0.15) is 0 Å². The number of hydrogen-bond acceptors (Lipinski definition) is 3. The van der Waals surface area contributed by atoms with Crippen LogP contribution in [0.1, 0.15) is 32.6 Å². The summed E-state index contributed by atoms with van der Waals surface area (Å²) < 4.78 is 5.23. The van der Waals surface area contributed by atoms with Gasteiger partial charge in [0.2, 0.25) is 0 Å². The molecule has 2 unspecified atom stereocenters. The first-order valence-electron chi connectivity index (χ1n) is 6.72. The van der Waals surface area contributed by atoms with Crippen molar-refractivity contribution in [2.75, 3.05) is 26.8 Å². The van der Waals surface area contributed by atoms with Gasteiger partial charge in [0.25, 0.3) is 0 Å². The Labute approximate surface area is 99.3 Å². The van der Waals surface area contributed by atoms with Gasteiger partial charge in [-0.25, -0.2) is 0 Å². The summed E-state index contributed by atoms with van der Waals surface area (Å²) >= 11 is 0. The average Bonchev–Trinajstić information content (AvgIpc) is 3.16. The van der Waals surface area contributed by atoms with E-state index < -0.39 is 0 Å². The van der Waals surface area contributed by atoms with Crippen molar-refractivity contribution >= 4 is 0 Å². The minimum absolute atomic E-state index is 0.603. The Hall–Kier alpha value is -0.120. The van der Waals surface area contributed by atoms with Crippen LogP contribution < -0.4 is 5.73 Å². The van der Waals surface area contributed by atoms with Crippen molar-refractivity contribution in [3.05, 3.63) is 0 Å². The number of rotatable bonds is 8. The molecule has 0 aliphatic heterocycles.